The van der Waals surface area contributed by atoms with Crippen molar-refractivity contribution in [1.82, 2.24) is 16.2 Å². The summed E-state index contributed by atoms with van der Waals surface area (Å²) in [6, 6.07) is 9.28. The van der Waals surface area contributed by atoms with Gasteiger partial charge in [0, 0.05) is 13.0 Å². The van der Waals surface area contributed by atoms with Gasteiger partial charge in [-0.2, -0.15) is 0 Å². The van der Waals surface area contributed by atoms with E-state index in [1.165, 1.54) is 0 Å². The molecule has 0 aromatic heterocycles. The van der Waals surface area contributed by atoms with E-state index in [1.54, 1.807) is 21.3 Å². The Hall–Kier alpha value is -3.40. The molecular weight excluding hydrogens is 422 g/mol. The van der Waals surface area contributed by atoms with E-state index in [4.69, 9.17) is 35.9 Å². The van der Waals surface area contributed by atoms with Crippen molar-refractivity contribution in [2.24, 2.45) is 0 Å². The first-order chi connectivity index (χ1) is 15.0. The van der Waals surface area contributed by atoms with Crippen molar-refractivity contribution in [2.75, 3.05) is 28.1 Å². The highest BCUT2D eigenvalue weighted by molar-refractivity contribution is 7.80. The molecular formula is C21H25N3O6S. The molecule has 10 heteroatoms. The van der Waals surface area contributed by atoms with E-state index in [0.717, 1.165) is 16.9 Å². The lowest BCUT2D eigenvalue weighted by molar-refractivity contribution is -0.121. The summed E-state index contributed by atoms with van der Waals surface area (Å²) in [7, 11) is 4.65. The van der Waals surface area contributed by atoms with Crippen LogP contribution in [0.3, 0.4) is 0 Å². The van der Waals surface area contributed by atoms with E-state index < -0.39 is 0 Å². The fraction of sp³-hybridized carbons (Fsp3) is 0.333. The molecule has 2 aromatic rings. The molecule has 0 radical (unpaired) electrons. The summed E-state index contributed by atoms with van der Waals surface area (Å²) < 4.78 is 26.6. The van der Waals surface area contributed by atoms with Crippen LogP contribution in [0, 0.1) is 0 Å². The molecule has 1 aliphatic heterocycles. The maximum atomic E-state index is 12.2. The first-order valence-electron chi connectivity index (χ1n) is 9.54. The van der Waals surface area contributed by atoms with Crippen LogP contribution in [0.15, 0.2) is 30.3 Å². The Kier molecular flexibility index (Phi) is 7.60. The van der Waals surface area contributed by atoms with Gasteiger partial charge in [-0.3, -0.25) is 15.6 Å². The van der Waals surface area contributed by atoms with Crippen molar-refractivity contribution in [3.05, 3.63) is 41.5 Å². The maximum absolute atomic E-state index is 12.2. The van der Waals surface area contributed by atoms with Crippen molar-refractivity contribution < 1.29 is 28.5 Å². The van der Waals surface area contributed by atoms with E-state index in [1.807, 2.05) is 30.3 Å². The van der Waals surface area contributed by atoms with Gasteiger partial charge in [0.15, 0.2) is 28.1 Å². The quantitative estimate of drug-likeness (QED) is 0.415. The highest BCUT2D eigenvalue weighted by atomic mass is 32.1. The van der Waals surface area contributed by atoms with Crippen LogP contribution in [0.4, 0.5) is 0 Å². The van der Waals surface area contributed by atoms with E-state index in [2.05, 4.69) is 16.2 Å². The monoisotopic (exact) mass is 447 g/mol. The van der Waals surface area contributed by atoms with Gasteiger partial charge < -0.3 is 29.0 Å². The molecule has 0 aliphatic carbocycles. The van der Waals surface area contributed by atoms with Gasteiger partial charge in [0.25, 0.3) is 0 Å². The van der Waals surface area contributed by atoms with Crippen LogP contribution in [0.1, 0.15) is 17.5 Å². The molecule has 3 N–H and O–H groups in total. The molecule has 3 rings (SSSR count). The number of amides is 1. The van der Waals surface area contributed by atoms with Crippen LogP contribution >= 0.6 is 12.2 Å². The Morgan fingerprint density at radius 3 is 2.35 bits per heavy atom. The van der Waals surface area contributed by atoms with E-state index in [-0.39, 0.29) is 19.1 Å². The molecule has 0 saturated carbocycles. The fourth-order valence-electron chi connectivity index (χ4n) is 3.00. The smallest absolute Gasteiger partial charge is 0.238 e. The zero-order valence-corrected chi connectivity index (χ0v) is 18.4. The molecule has 0 bridgehead atoms. The molecule has 0 spiro atoms. The van der Waals surface area contributed by atoms with Crippen LogP contribution in [-0.4, -0.2) is 39.1 Å². The summed E-state index contributed by atoms with van der Waals surface area (Å²) in [5, 5.41) is 3.33. The second-order valence-electron chi connectivity index (χ2n) is 6.58. The van der Waals surface area contributed by atoms with Crippen molar-refractivity contribution in [1.29, 1.82) is 0 Å². The summed E-state index contributed by atoms with van der Waals surface area (Å²) in [5.41, 5.74) is 7.14. The van der Waals surface area contributed by atoms with Gasteiger partial charge in [0.1, 0.15) is 0 Å². The number of carbonyl (C=O) groups excluding carboxylic acids is 1. The number of hydrogen-bond acceptors (Lipinski definition) is 7. The lowest BCUT2D eigenvalue weighted by Crippen LogP contribution is -2.46. The molecule has 166 valence electrons. The van der Waals surface area contributed by atoms with Gasteiger partial charge >= 0.3 is 0 Å². The van der Waals surface area contributed by atoms with E-state index in [9.17, 15) is 4.79 Å². The van der Waals surface area contributed by atoms with Crippen molar-refractivity contribution in [3.63, 3.8) is 0 Å². The predicted molar refractivity (Wildman–Crippen MR) is 118 cm³/mol. The lowest BCUT2D eigenvalue weighted by atomic mass is 10.1. The Balaban J connectivity index is 1.43. The number of thiocarbonyl (C=S) groups is 1. The number of benzene rings is 2. The summed E-state index contributed by atoms with van der Waals surface area (Å²) >= 11 is 5.20. The Labute approximate surface area is 185 Å². The number of hydrazine groups is 1. The molecule has 31 heavy (non-hydrogen) atoms. The van der Waals surface area contributed by atoms with Crippen LogP contribution in [0.2, 0.25) is 0 Å². The molecule has 9 nitrogen and oxygen atoms in total. The molecule has 2 aromatic carbocycles. The summed E-state index contributed by atoms with van der Waals surface area (Å²) in [4.78, 5) is 12.2. The van der Waals surface area contributed by atoms with Gasteiger partial charge in [0.05, 0.1) is 21.3 Å². The molecule has 1 heterocycles. The number of nitrogens with one attached hydrogen (secondary N) is 3. The molecule has 1 amide bonds. The van der Waals surface area contributed by atoms with Gasteiger partial charge in [0.2, 0.25) is 18.4 Å². The number of rotatable bonds is 8. The average Bonchev–Trinajstić information content (AvgIpc) is 3.27. The van der Waals surface area contributed by atoms with Crippen molar-refractivity contribution in [2.45, 2.75) is 19.4 Å². The summed E-state index contributed by atoms with van der Waals surface area (Å²) in [6.07, 6.45) is 0.734. The molecule has 0 saturated heterocycles. The Morgan fingerprint density at radius 1 is 0.968 bits per heavy atom. The molecule has 0 fully saturated rings. The van der Waals surface area contributed by atoms with E-state index in [0.29, 0.717) is 41.1 Å². The van der Waals surface area contributed by atoms with Crippen LogP contribution in [-0.2, 0) is 17.8 Å². The van der Waals surface area contributed by atoms with Crippen molar-refractivity contribution >= 4 is 23.2 Å². The zero-order valence-electron chi connectivity index (χ0n) is 17.6. The second kappa shape index (κ2) is 10.6. The van der Waals surface area contributed by atoms with E-state index >= 15 is 0 Å². The topological polar surface area (TPSA) is 99.3 Å². The minimum atomic E-state index is -0.207. The standard InChI is InChI=1S/C21H25N3O6S/c1-26-17-8-13(9-18(27-2)20(17)28-3)5-7-19(25)23-24-21(31)22-11-14-4-6-15-16(10-14)30-12-29-15/h4,6,8-10H,5,7,11-12H2,1-3H3,(H,23,25)(H2,22,24,31). The average molecular weight is 448 g/mol. The summed E-state index contributed by atoms with van der Waals surface area (Å²) in [5.74, 6) is 2.83. The number of carbonyl (C=O) groups is 1. The van der Waals surface area contributed by atoms with Crippen LogP contribution in [0.5, 0.6) is 28.7 Å². The highest BCUT2D eigenvalue weighted by Crippen LogP contribution is 2.38. The third-order valence-corrected chi connectivity index (χ3v) is 4.82. The first kappa shape index (κ1) is 22.3. The third-order valence-electron chi connectivity index (χ3n) is 4.57. The highest BCUT2D eigenvalue weighted by Gasteiger charge is 2.15. The van der Waals surface area contributed by atoms with Crippen LogP contribution in [0.25, 0.3) is 0 Å². The van der Waals surface area contributed by atoms with Gasteiger partial charge in [-0.1, -0.05) is 6.07 Å². The van der Waals surface area contributed by atoms with Crippen molar-refractivity contribution in [3.8, 4) is 28.7 Å². The number of methoxy groups -OCH3 is 3. The summed E-state index contributed by atoms with van der Waals surface area (Å²) in [6.45, 7) is 0.706. The van der Waals surface area contributed by atoms with Gasteiger partial charge in [-0.15, -0.1) is 0 Å². The molecule has 1 aliphatic rings. The zero-order chi connectivity index (χ0) is 22.2. The Bertz CT molecular complexity index is 928. The number of fused-ring (bicyclic) bond motifs is 1. The predicted octanol–water partition coefficient (Wildman–Crippen LogP) is 2.07. The third kappa shape index (κ3) is 5.82. The van der Waals surface area contributed by atoms with Gasteiger partial charge in [-0.05, 0) is 54.0 Å². The maximum Gasteiger partial charge on any atom is 0.238 e. The minimum absolute atomic E-state index is 0.207. The largest absolute Gasteiger partial charge is 0.493 e. The van der Waals surface area contributed by atoms with Gasteiger partial charge in [-0.25, -0.2) is 0 Å². The first-order valence-corrected chi connectivity index (χ1v) is 9.95. The fourth-order valence-corrected chi connectivity index (χ4v) is 3.13. The van der Waals surface area contributed by atoms with Crippen LogP contribution < -0.4 is 39.9 Å². The lowest BCUT2D eigenvalue weighted by Gasteiger charge is -2.14. The second-order valence-corrected chi connectivity index (χ2v) is 6.99. The molecule has 0 unspecified atom stereocenters. The molecule has 0 atom stereocenters. The normalized spacial score (nSPS) is 11.5. The number of hydrogen-bond donors (Lipinski definition) is 3. The SMILES string of the molecule is COc1cc(CCC(=O)NNC(=S)NCc2ccc3c(c2)OCO3)cc(OC)c1OC. The minimum Gasteiger partial charge on any atom is -0.493 e. The number of aryl methyl sites for hydroxylation is 1. The Morgan fingerprint density at radius 2 is 1.68 bits per heavy atom. The number of ether oxygens (including phenoxy) is 5.